The van der Waals surface area contributed by atoms with E-state index in [-0.39, 0.29) is 17.7 Å². The third kappa shape index (κ3) is 5.31. The number of carbonyl (C=O) groups excluding carboxylic acids is 2. The fourth-order valence-corrected chi connectivity index (χ4v) is 5.01. The van der Waals surface area contributed by atoms with Crippen LogP contribution >= 0.6 is 0 Å². The number of ether oxygens (including phenoxy) is 1. The molecule has 5 heteroatoms. The number of esters is 1. The van der Waals surface area contributed by atoms with E-state index in [1.807, 2.05) is 34.6 Å². The average Bonchev–Trinajstić information content (AvgIpc) is 2.97. The Balaban J connectivity index is 1.88. The third-order valence-electron chi connectivity index (χ3n) is 6.60. The predicted octanol–water partition coefficient (Wildman–Crippen LogP) is 6.08. The maximum atomic E-state index is 13.7. The third-order valence-corrected chi connectivity index (χ3v) is 6.60. The molecule has 0 N–H and O–H groups in total. The topological polar surface area (TPSA) is 65.0 Å². The highest BCUT2D eigenvalue weighted by Crippen LogP contribution is 2.43. The minimum absolute atomic E-state index is 0.119. The van der Waals surface area contributed by atoms with Crippen molar-refractivity contribution in [2.24, 2.45) is 22.4 Å². The molecule has 174 valence electrons. The first kappa shape index (κ1) is 24.2. The van der Waals surface area contributed by atoms with Gasteiger partial charge in [0.15, 0.2) is 5.78 Å². The molecule has 2 aliphatic rings. The van der Waals surface area contributed by atoms with E-state index in [4.69, 9.17) is 9.57 Å². The highest BCUT2D eigenvalue weighted by atomic mass is 16.6. The van der Waals surface area contributed by atoms with E-state index < -0.39 is 5.41 Å². The summed E-state index contributed by atoms with van der Waals surface area (Å²) >= 11 is 0. The second kappa shape index (κ2) is 9.60. The first-order chi connectivity index (χ1) is 15.0. The summed E-state index contributed by atoms with van der Waals surface area (Å²) < 4.78 is 5.91. The fraction of sp³-hybridized carbons (Fsp3) is 0.593. The van der Waals surface area contributed by atoms with E-state index in [2.05, 4.69) is 24.2 Å². The molecule has 0 saturated heterocycles. The van der Waals surface area contributed by atoms with Crippen molar-refractivity contribution in [3.8, 4) is 0 Å². The lowest BCUT2D eigenvalue weighted by molar-refractivity contribution is -0.148. The highest BCUT2D eigenvalue weighted by Gasteiger charge is 2.40. The van der Waals surface area contributed by atoms with E-state index in [0.717, 1.165) is 60.1 Å². The average molecular weight is 440 g/mol. The van der Waals surface area contributed by atoms with Crippen LogP contribution in [0.25, 0.3) is 5.57 Å². The van der Waals surface area contributed by atoms with E-state index in [9.17, 15) is 9.59 Å². The largest absolute Gasteiger partial charge is 0.430 e. The molecule has 5 nitrogen and oxygen atoms in total. The lowest BCUT2D eigenvalue weighted by atomic mass is 9.80. The van der Waals surface area contributed by atoms with Crippen molar-refractivity contribution < 1.29 is 19.2 Å². The van der Waals surface area contributed by atoms with Gasteiger partial charge in [-0.1, -0.05) is 22.9 Å². The van der Waals surface area contributed by atoms with Crippen molar-refractivity contribution >= 4 is 23.0 Å². The molecule has 0 amide bonds. The molecule has 3 rings (SSSR count). The van der Waals surface area contributed by atoms with Gasteiger partial charge in [0, 0.05) is 12.3 Å². The lowest BCUT2D eigenvalue weighted by Crippen LogP contribution is -2.23. The minimum atomic E-state index is -0.628. The molecule has 1 fully saturated rings. The number of hydrogen-bond donors (Lipinski definition) is 0. The van der Waals surface area contributed by atoms with Crippen molar-refractivity contribution in [3.63, 3.8) is 0 Å². The summed E-state index contributed by atoms with van der Waals surface area (Å²) in [6, 6.07) is 4.19. The van der Waals surface area contributed by atoms with E-state index in [1.54, 1.807) is 7.11 Å². The Morgan fingerprint density at radius 1 is 1.09 bits per heavy atom. The van der Waals surface area contributed by atoms with Gasteiger partial charge in [0.05, 0.1) is 16.7 Å². The molecule has 0 aliphatic heterocycles. The summed E-state index contributed by atoms with van der Waals surface area (Å²) in [5, 5.41) is 4.09. The van der Waals surface area contributed by atoms with Crippen LogP contribution in [0.5, 0.6) is 0 Å². The van der Waals surface area contributed by atoms with Crippen LogP contribution in [-0.4, -0.2) is 24.6 Å². The molecule has 0 spiro atoms. The zero-order chi connectivity index (χ0) is 23.6. The van der Waals surface area contributed by atoms with Crippen LogP contribution in [0.15, 0.2) is 23.0 Å². The molecular weight excluding hydrogens is 402 g/mol. The second-order valence-electron chi connectivity index (χ2n) is 10.5. The standard InChI is InChI=1S/C27H37NO4/c1-16-12-17(2)23(18(3)13-16)24-22(32-26(30)27(4,5)6)15-20(25(24)29)14-19-8-10-21(11-9-19)28-31-7/h12-13,19-20H,8-11,14-15H2,1-7H3. The summed E-state index contributed by atoms with van der Waals surface area (Å²) in [5.41, 5.74) is 5.28. The molecule has 0 aromatic heterocycles. The molecule has 0 heterocycles. The van der Waals surface area contributed by atoms with Gasteiger partial charge in [0.25, 0.3) is 0 Å². The van der Waals surface area contributed by atoms with Crippen LogP contribution in [-0.2, 0) is 19.2 Å². The molecule has 0 radical (unpaired) electrons. The van der Waals surface area contributed by atoms with Gasteiger partial charge < -0.3 is 9.57 Å². The highest BCUT2D eigenvalue weighted by molar-refractivity contribution is 6.25. The van der Waals surface area contributed by atoms with Gasteiger partial charge in [0.1, 0.15) is 12.9 Å². The summed E-state index contributed by atoms with van der Waals surface area (Å²) in [4.78, 5) is 31.3. The van der Waals surface area contributed by atoms with Gasteiger partial charge in [0.2, 0.25) is 0 Å². The first-order valence-corrected chi connectivity index (χ1v) is 11.7. The van der Waals surface area contributed by atoms with Crippen LogP contribution in [0.2, 0.25) is 0 Å². The van der Waals surface area contributed by atoms with Crippen LogP contribution in [0.4, 0.5) is 0 Å². The van der Waals surface area contributed by atoms with E-state index in [0.29, 0.717) is 23.7 Å². The number of hydrogen-bond acceptors (Lipinski definition) is 5. The van der Waals surface area contributed by atoms with Crippen LogP contribution < -0.4 is 0 Å². The zero-order valence-corrected chi connectivity index (χ0v) is 20.6. The first-order valence-electron chi connectivity index (χ1n) is 11.7. The van der Waals surface area contributed by atoms with Gasteiger partial charge in [-0.2, -0.15) is 0 Å². The van der Waals surface area contributed by atoms with Gasteiger partial charge in [-0.15, -0.1) is 0 Å². The van der Waals surface area contributed by atoms with Crippen LogP contribution in [0.1, 0.15) is 81.5 Å². The number of carbonyl (C=O) groups is 2. The Morgan fingerprint density at radius 3 is 2.22 bits per heavy atom. The predicted molar refractivity (Wildman–Crippen MR) is 127 cm³/mol. The minimum Gasteiger partial charge on any atom is -0.430 e. The summed E-state index contributed by atoms with van der Waals surface area (Å²) in [5.74, 6) is 0.706. The van der Waals surface area contributed by atoms with E-state index >= 15 is 0 Å². The summed E-state index contributed by atoms with van der Waals surface area (Å²) in [6.45, 7) is 11.6. The molecule has 1 aromatic carbocycles. The Hall–Kier alpha value is -2.43. The molecule has 32 heavy (non-hydrogen) atoms. The maximum Gasteiger partial charge on any atom is 0.316 e. The molecule has 0 bridgehead atoms. The Labute approximate surface area is 192 Å². The number of nitrogens with zero attached hydrogens (tertiary/aromatic N) is 1. The number of Topliss-reactive ketones (excluding diaryl/α,β-unsaturated/α-hetero) is 1. The van der Waals surface area contributed by atoms with Crippen molar-refractivity contribution in [2.75, 3.05) is 7.11 Å². The van der Waals surface area contributed by atoms with Gasteiger partial charge >= 0.3 is 5.97 Å². The summed E-state index contributed by atoms with van der Waals surface area (Å²) in [7, 11) is 1.58. The monoisotopic (exact) mass is 439 g/mol. The lowest BCUT2D eigenvalue weighted by Gasteiger charge is -2.25. The van der Waals surface area contributed by atoms with Gasteiger partial charge in [-0.05, 0) is 96.3 Å². The fourth-order valence-electron chi connectivity index (χ4n) is 5.01. The molecule has 1 atom stereocenters. The van der Waals surface area contributed by atoms with Crippen molar-refractivity contribution in [1.29, 1.82) is 0 Å². The number of benzene rings is 1. The SMILES string of the molecule is CON=C1CCC(CC2CC(OC(=O)C(C)(C)C)=C(c3c(C)cc(C)cc3C)C2=O)CC1. The second-order valence-corrected chi connectivity index (χ2v) is 10.5. The molecule has 1 saturated carbocycles. The normalized spacial score (nSPS) is 21.7. The van der Waals surface area contributed by atoms with Crippen molar-refractivity contribution in [3.05, 3.63) is 40.1 Å². The number of allylic oxidation sites excluding steroid dienone is 2. The molecular formula is C27H37NO4. The van der Waals surface area contributed by atoms with Crippen LogP contribution in [0.3, 0.4) is 0 Å². The van der Waals surface area contributed by atoms with Gasteiger partial charge in [-0.25, -0.2) is 0 Å². The smallest absolute Gasteiger partial charge is 0.316 e. The Bertz CT molecular complexity index is 931. The number of rotatable bonds is 5. The Kier molecular flexibility index (Phi) is 7.26. The van der Waals surface area contributed by atoms with E-state index in [1.165, 1.54) is 0 Å². The quantitative estimate of drug-likeness (QED) is 0.412. The molecule has 1 unspecified atom stereocenters. The number of ketones is 1. The van der Waals surface area contributed by atoms with Crippen molar-refractivity contribution in [2.45, 2.75) is 80.1 Å². The van der Waals surface area contributed by atoms with Crippen LogP contribution in [0, 0.1) is 38.0 Å². The Morgan fingerprint density at radius 2 is 1.69 bits per heavy atom. The summed E-state index contributed by atoms with van der Waals surface area (Å²) in [6.07, 6.45) is 5.19. The van der Waals surface area contributed by atoms with Gasteiger partial charge in [-0.3, -0.25) is 9.59 Å². The maximum absolute atomic E-state index is 13.7. The zero-order valence-electron chi connectivity index (χ0n) is 20.6. The molecule has 1 aromatic rings. The molecule has 2 aliphatic carbocycles. The van der Waals surface area contributed by atoms with Crippen molar-refractivity contribution in [1.82, 2.24) is 0 Å². The number of aryl methyl sites for hydroxylation is 3. The number of oxime groups is 1.